The van der Waals surface area contributed by atoms with Crippen LogP contribution in [0.5, 0.6) is 0 Å². The van der Waals surface area contributed by atoms with E-state index in [0.717, 1.165) is 0 Å². The highest BCUT2D eigenvalue weighted by Crippen LogP contribution is 2.38. The van der Waals surface area contributed by atoms with Crippen molar-refractivity contribution >= 4 is 11.9 Å². The van der Waals surface area contributed by atoms with Gasteiger partial charge in [-0.1, -0.05) is 0 Å². The maximum atomic E-state index is 11.3. The van der Waals surface area contributed by atoms with Crippen molar-refractivity contribution in [3.63, 3.8) is 0 Å². The zero-order valence-corrected chi connectivity index (χ0v) is 12.7. The molecule has 21 heavy (non-hydrogen) atoms. The highest BCUT2D eigenvalue weighted by Gasteiger charge is 2.58. The number of rotatable bonds is 3. The Bertz CT molecular complexity index is 424. The van der Waals surface area contributed by atoms with Crippen molar-refractivity contribution in [2.45, 2.75) is 64.4 Å². The van der Waals surface area contributed by atoms with Gasteiger partial charge in [-0.15, -0.1) is 0 Å². The van der Waals surface area contributed by atoms with Gasteiger partial charge in [0.25, 0.3) is 5.97 Å². The van der Waals surface area contributed by atoms with E-state index in [1.54, 1.807) is 13.8 Å². The molecule has 0 spiro atoms. The minimum atomic E-state index is -1.31. The summed E-state index contributed by atoms with van der Waals surface area (Å²) < 4.78 is 32.4. The summed E-state index contributed by atoms with van der Waals surface area (Å²) in [5.41, 5.74) is 0. The molecule has 6 unspecified atom stereocenters. The van der Waals surface area contributed by atoms with Gasteiger partial charge in [-0.3, -0.25) is 14.3 Å². The number of esters is 2. The van der Waals surface area contributed by atoms with E-state index in [9.17, 15) is 9.59 Å². The van der Waals surface area contributed by atoms with Gasteiger partial charge in [0, 0.05) is 27.9 Å². The third-order valence-corrected chi connectivity index (χ3v) is 3.38. The first kappa shape index (κ1) is 16.2. The summed E-state index contributed by atoms with van der Waals surface area (Å²) in [7, 11) is 1.42. The molecule has 0 aromatic heterocycles. The average molecular weight is 304 g/mol. The minimum Gasteiger partial charge on any atom is -0.456 e. The lowest BCUT2D eigenvalue weighted by molar-refractivity contribution is -0.333. The number of ether oxygens (including phenoxy) is 6. The lowest BCUT2D eigenvalue weighted by Crippen LogP contribution is -2.58. The minimum absolute atomic E-state index is 0.500. The first-order valence-corrected chi connectivity index (χ1v) is 6.66. The fourth-order valence-corrected chi connectivity index (χ4v) is 2.46. The normalized spacial score (nSPS) is 42.2. The second kappa shape index (κ2) is 5.88. The summed E-state index contributed by atoms with van der Waals surface area (Å²) >= 11 is 0. The Hall–Kier alpha value is -1.22. The second-order valence-electron chi connectivity index (χ2n) is 5.12. The Labute approximate surface area is 122 Å². The largest absolute Gasteiger partial charge is 0.456 e. The van der Waals surface area contributed by atoms with Crippen molar-refractivity contribution in [3.8, 4) is 0 Å². The van der Waals surface area contributed by atoms with Crippen molar-refractivity contribution in [1.29, 1.82) is 0 Å². The van der Waals surface area contributed by atoms with Crippen molar-refractivity contribution < 1.29 is 38.0 Å². The summed E-state index contributed by atoms with van der Waals surface area (Å²) in [5, 5.41) is 0. The third-order valence-electron chi connectivity index (χ3n) is 3.38. The van der Waals surface area contributed by atoms with Crippen LogP contribution in [-0.2, 0) is 38.0 Å². The van der Waals surface area contributed by atoms with Crippen LogP contribution in [0.3, 0.4) is 0 Å². The molecule has 120 valence electrons. The van der Waals surface area contributed by atoms with Crippen LogP contribution >= 0.6 is 0 Å². The van der Waals surface area contributed by atoms with E-state index in [4.69, 9.17) is 28.4 Å². The highest BCUT2D eigenvalue weighted by atomic mass is 16.9. The number of hydrogen-bond acceptors (Lipinski definition) is 8. The van der Waals surface area contributed by atoms with Crippen LogP contribution in [0.15, 0.2) is 0 Å². The summed E-state index contributed by atoms with van der Waals surface area (Å²) in [4.78, 5) is 22.6. The van der Waals surface area contributed by atoms with E-state index in [1.165, 1.54) is 21.0 Å². The Kier molecular flexibility index (Phi) is 4.52. The van der Waals surface area contributed by atoms with Crippen molar-refractivity contribution in [3.05, 3.63) is 0 Å². The van der Waals surface area contributed by atoms with Gasteiger partial charge in [0.15, 0.2) is 24.6 Å². The number of methoxy groups -OCH3 is 1. The SMILES string of the molecule is COC1(C)OC2OC(C)C(OC(C)=O)C(OC(C)=O)C2O1. The molecule has 2 aliphatic rings. The number of fused-ring (bicyclic) bond motifs is 1. The van der Waals surface area contributed by atoms with Crippen molar-refractivity contribution in [2.75, 3.05) is 7.11 Å². The maximum Gasteiger partial charge on any atom is 0.303 e. The highest BCUT2D eigenvalue weighted by molar-refractivity contribution is 5.67. The Morgan fingerprint density at radius 2 is 1.62 bits per heavy atom. The van der Waals surface area contributed by atoms with Gasteiger partial charge >= 0.3 is 11.9 Å². The molecule has 0 aliphatic carbocycles. The first-order chi connectivity index (χ1) is 9.75. The van der Waals surface area contributed by atoms with E-state index >= 15 is 0 Å². The van der Waals surface area contributed by atoms with Crippen LogP contribution in [0, 0.1) is 0 Å². The van der Waals surface area contributed by atoms with Gasteiger partial charge in [-0.2, -0.15) is 0 Å². The predicted octanol–water partition coefficient (Wildman–Crippen LogP) is 0.330. The van der Waals surface area contributed by atoms with E-state index in [0.29, 0.717) is 0 Å². The van der Waals surface area contributed by atoms with Gasteiger partial charge in [0.1, 0.15) is 0 Å². The van der Waals surface area contributed by atoms with E-state index in [2.05, 4.69) is 0 Å². The average Bonchev–Trinajstić information content (AvgIpc) is 2.70. The Balaban J connectivity index is 2.25. The quantitative estimate of drug-likeness (QED) is 0.689. The molecular formula is C13H20O8. The number of hydrogen-bond donors (Lipinski definition) is 0. The molecule has 8 heteroatoms. The van der Waals surface area contributed by atoms with E-state index in [1.807, 2.05) is 0 Å². The lowest BCUT2D eigenvalue weighted by atomic mass is 9.99. The molecule has 0 aromatic rings. The molecule has 0 saturated carbocycles. The molecule has 0 N–H and O–H groups in total. The van der Waals surface area contributed by atoms with Crippen LogP contribution in [-0.4, -0.2) is 55.7 Å². The molecule has 2 aliphatic heterocycles. The molecule has 0 bridgehead atoms. The van der Waals surface area contributed by atoms with E-state index < -0.39 is 48.6 Å². The lowest BCUT2D eigenvalue weighted by Gasteiger charge is -2.39. The van der Waals surface area contributed by atoms with Crippen molar-refractivity contribution in [2.24, 2.45) is 0 Å². The summed E-state index contributed by atoms with van der Waals surface area (Å²) in [5.74, 6) is -2.32. The fourth-order valence-electron chi connectivity index (χ4n) is 2.46. The van der Waals surface area contributed by atoms with Gasteiger partial charge < -0.3 is 23.7 Å². The molecule has 2 fully saturated rings. The zero-order chi connectivity index (χ0) is 15.8. The third kappa shape index (κ3) is 3.34. The molecular weight excluding hydrogens is 284 g/mol. The van der Waals surface area contributed by atoms with Crippen LogP contribution in [0.4, 0.5) is 0 Å². The molecule has 0 radical (unpaired) electrons. The van der Waals surface area contributed by atoms with Gasteiger partial charge in [-0.25, -0.2) is 0 Å². The fraction of sp³-hybridized carbons (Fsp3) is 0.846. The van der Waals surface area contributed by atoms with Crippen LogP contribution < -0.4 is 0 Å². The maximum absolute atomic E-state index is 11.3. The van der Waals surface area contributed by atoms with Gasteiger partial charge in [0.2, 0.25) is 0 Å². The van der Waals surface area contributed by atoms with Crippen LogP contribution in [0.2, 0.25) is 0 Å². The topological polar surface area (TPSA) is 89.5 Å². The summed E-state index contributed by atoms with van der Waals surface area (Å²) in [6, 6.07) is 0. The molecule has 8 nitrogen and oxygen atoms in total. The molecule has 2 saturated heterocycles. The number of carbonyl (C=O) groups is 2. The smallest absolute Gasteiger partial charge is 0.303 e. The van der Waals surface area contributed by atoms with Gasteiger partial charge in [-0.05, 0) is 6.92 Å². The zero-order valence-electron chi connectivity index (χ0n) is 12.7. The standard InChI is InChI=1S/C13H20O8/c1-6-9(18-7(2)14)10(19-8(3)15)11-12(17-6)21-13(4,16-5)20-11/h6,9-12H,1-5H3. The first-order valence-electron chi connectivity index (χ1n) is 6.66. The molecule has 2 heterocycles. The number of carbonyl (C=O) groups excluding carboxylic acids is 2. The predicted molar refractivity (Wildman–Crippen MR) is 66.8 cm³/mol. The Morgan fingerprint density at radius 1 is 1.05 bits per heavy atom. The molecule has 6 atom stereocenters. The van der Waals surface area contributed by atoms with Crippen LogP contribution in [0.25, 0.3) is 0 Å². The van der Waals surface area contributed by atoms with E-state index in [-0.39, 0.29) is 0 Å². The molecule has 2 rings (SSSR count). The molecule has 0 amide bonds. The summed E-state index contributed by atoms with van der Waals surface area (Å²) in [6.45, 7) is 5.82. The van der Waals surface area contributed by atoms with Crippen LogP contribution in [0.1, 0.15) is 27.7 Å². The molecule has 0 aromatic carbocycles. The summed E-state index contributed by atoms with van der Waals surface area (Å²) in [6.07, 6.45) is -3.67. The monoisotopic (exact) mass is 304 g/mol. The van der Waals surface area contributed by atoms with Gasteiger partial charge in [0.05, 0.1) is 6.10 Å². The second-order valence-corrected chi connectivity index (χ2v) is 5.12. The Morgan fingerprint density at radius 3 is 2.14 bits per heavy atom. The van der Waals surface area contributed by atoms with Crippen molar-refractivity contribution in [1.82, 2.24) is 0 Å².